The van der Waals surface area contributed by atoms with Crippen molar-refractivity contribution < 1.29 is 6.48 Å². The molecular formula is C12H16OS2. The van der Waals surface area contributed by atoms with E-state index in [1.54, 1.807) is 23.5 Å². The maximum Gasteiger partial charge on any atom is 0.0793 e. The third kappa shape index (κ3) is 3.44. The molecule has 82 valence electrons. The first-order chi connectivity index (χ1) is 7.75. The fourth-order valence-corrected chi connectivity index (χ4v) is 3.92. The van der Waals surface area contributed by atoms with Crippen molar-refractivity contribution in [3.05, 3.63) is 35.9 Å². The largest absolute Gasteiger partial charge is 0.388 e. The molecule has 0 saturated carbocycles. The Bertz CT molecular complexity index is 312. The van der Waals surface area contributed by atoms with Gasteiger partial charge in [-0.05, 0) is 29.4 Å². The van der Waals surface area contributed by atoms with Crippen LogP contribution in [0.15, 0.2) is 30.3 Å². The minimum Gasteiger partial charge on any atom is -0.388 e. The van der Waals surface area contributed by atoms with Gasteiger partial charge in [0.15, 0.2) is 0 Å². The van der Waals surface area contributed by atoms with E-state index in [1.165, 1.54) is 0 Å². The zero-order valence-electron chi connectivity index (χ0n) is 9.50. The van der Waals surface area contributed by atoms with Crippen molar-refractivity contribution in [2.75, 3.05) is 16.6 Å². The molecule has 15 heavy (non-hydrogen) atoms. The molecule has 1 aromatic rings. The molecule has 1 N–H and O–H groups in total. The second-order valence-electron chi connectivity index (χ2n) is 3.79. The third-order valence-electron chi connectivity index (χ3n) is 2.54. The van der Waals surface area contributed by atoms with Crippen molar-refractivity contribution in [2.24, 2.45) is 5.92 Å². The van der Waals surface area contributed by atoms with Crippen LogP contribution in [0.5, 0.6) is 0 Å². The SMILES string of the molecule is [2H]C1SCC(CC(O)c2ccccc2)CS1. The summed E-state index contributed by atoms with van der Waals surface area (Å²) in [5.41, 5.74) is 1.01. The Labute approximate surface area is 101 Å². The molecule has 1 fully saturated rings. The van der Waals surface area contributed by atoms with Gasteiger partial charge in [-0.15, -0.1) is 0 Å². The zero-order chi connectivity index (χ0) is 11.4. The molecule has 1 aliphatic heterocycles. The minimum absolute atomic E-state index is 0.0230. The third-order valence-corrected chi connectivity index (χ3v) is 4.96. The average molecular weight is 241 g/mol. The number of aliphatic hydroxyl groups excluding tert-OH is 1. The summed E-state index contributed by atoms with van der Waals surface area (Å²) in [4.78, 5) is 0. The molecule has 1 aromatic carbocycles. The Hall–Kier alpha value is -0.120. The van der Waals surface area contributed by atoms with Crippen molar-refractivity contribution in [1.29, 1.82) is 0 Å². The van der Waals surface area contributed by atoms with Gasteiger partial charge in [0, 0.05) is 6.43 Å². The quantitative estimate of drug-likeness (QED) is 0.878. The molecule has 1 heterocycles. The predicted molar refractivity (Wildman–Crippen MR) is 69.3 cm³/mol. The van der Waals surface area contributed by atoms with Gasteiger partial charge in [0.1, 0.15) is 0 Å². The van der Waals surface area contributed by atoms with Crippen molar-refractivity contribution in [2.45, 2.75) is 12.5 Å². The molecule has 0 aromatic heterocycles. The van der Waals surface area contributed by atoms with E-state index in [-0.39, 0.29) is 11.2 Å². The molecule has 1 unspecified atom stereocenters. The van der Waals surface area contributed by atoms with Crippen LogP contribution in [-0.2, 0) is 0 Å². The highest BCUT2D eigenvalue weighted by molar-refractivity contribution is 8.16. The van der Waals surface area contributed by atoms with Gasteiger partial charge >= 0.3 is 0 Å². The maximum atomic E-state index is 10.1. The molecule has 1 atom stereocenters. The van der Waals surface area contributed by atoms with Crippen LogP contribution in [0.4, 0.5) is 0 Å². The monoisotopic (exact) mass is 241 g/mol. The molecule has 3 heteroatoms. The molecule has 0 amide bonds. The lowest BCUT2D eigenvalue weighted by atomic mass is 9.99. The number of rotatable bonds is 3. The highest BCUT2D eigenvalue weighted by Gasteiger charge is 2.18. The van der Waals surface area contributed by atoms with E-state index < -0.39 is 0 Å². The van der Waals surface area contributed by atoms with Crippen LogP contribution in [0.25, 0.3) is 0 Å². The number of benzene rings is 1. The van der Waals surface area contributed by atoms with E-state index >= 15 is 0 Å². The summed E-state index contributed by atoms with van der Waals surface area (Å²) in [6, 6.07) is 9.83. The molecule has 0 aliphatic carbocycles. The molecule has 0 spiro atoms. The number of hydrogen-bond acceptors (Lipinski definition) is 3. The van der Waals surface area contributed by atoms with Crippen LogP contribution in [0, 0.1) is 5.92 Å². The van der Waals surface area contributed by atoms with Crippen molar-refractivity contribution in [3.8, 4) is 0 Å². The van der Waals surface area contributed by atoms with Gasteiger partial charge in [-0.25, -0.2) is 0 Å². The van der Waals surface area contributed by atoms with Crippen LogP contribution in [0.2, 0.25) is 0 Å². The average Bonchev–Trinajstić information content (AvgIpc) is 2.33. The first-order valence-corrected chi connectivity index (χ1v) is 7.24. The van der Waals surface area contributed by atoms with Crippen molar-refractivity contribution in [3.63, 3.8) is 0 Å². The number of aliphatic hydroxyl groups is 1. The van der Waals surface area contributed by atoms with Crippen molar-refractivity contribution in [1.82, 2.24) is 0 Å². The topological polar surface area (TPSA) is 20.2 Å². The summed E-state index contributed by atoms with van der Waals surface area (Å²) >= 11 is 3.36. The van der Waals surface area contributed by atoms with E-state index in [4.69, 9.17) is 1.37 Å². The Morgan fingerprint density at radius 3 is 2.67 bits per heavy atom. The van der Waals surface area contributed by atoms with Gasteiger partial charge < -0.3 is 5.11 Å². The second-order valence-corrected chi connectivity index (χ2v) is 5.89. The molecule has 1 aliphatic rings. The van der Waals surface area contributed by atoms with Crippen molar-refractivity contribution >= 4 is 23.5 Å². The summed E-state index contributed by atoms with van der Waals surface area (Å²) in [6.45, 7) is 0. The summed E-state index contributed by atoms with van der Waals surface area (Å²) in [7, 11) is 0. The lowest BCUT2D eigenvalue weighted by molar-refractivity contribution is 0.152. The smallest absolute Gasteiger partial charge is 0.0793 e. The highest BCUT2D eigenvalue weighted by Crippen LogP contribution is 2.31. The van der Waals surface area contributed by atoms with E-state index in [2.05, 4.69) is 0 Å². The van der Waals surface area contributed by atoms with E-state index in [0.29, 0.717) is 5.92 Å². The summed E-state index contributed by atoms with van der Waals surface area (Å²) in [5.74, 6) is 2.54. The Balaban J connectivity index is 1.86. The normalized spacial score (nSPS) is 29.5. The maximum absolute atomic E-state index is 10.1. The molecule has 2 rings (SSSR count). The lowest BCUT2D eigenvalue weighted by Crippen LogP contribution is -2.15. The molecule has 0 bridgehead atoms. The summed E-state index contributed by atoms with van der Waals surface area (Å²) < 4.78 is 7.57. The predicted octanol–water partition coefficient (Wildman–Crippen LogP) is 3.16. The summed E-state index contributed by atoms with van der Waals surface area (Å²) in [5, 5.41) is 10.1. The van der Waals surface area contributed by atoms with Crippen LogP contribution in [0.3, 0.4) is 0 Å². The standard InChI is InChI=1S/C12H16OS2/c13-12(11-4-2-1-3-5-11)6-10-7-14-9-15-8-10/h1-5,10,12-13H,6-9H2/i9D. The Morgan fingerprint density at radius 1 is 1.33 bits per heavy atom. The van der Waals surface area contributed by atoms with Gasteiger partial charge in [0.05, 0.1) is 6.10 Å². The Morgan fingerprint density at radius 2 is 2.00 bits per heavy atom. The molecule has 1 saturated heterocycles. The van der Waals surface area contributed by atoms with E-state index in [0.717, 1.165) is 23.5 Å². The van der Waals surface area contributed by atoms with Crippen LogP contribution in [0.1, 0.15) is 19.5 Å². The highest BCUT2D eigenvalue weighted by atomic mass is 32.2. The van der Waals surface area contributed by atoms with E-state index in [9.17, 15) is 5.11 Å². The lowest BCUT2D eigenvalue weighted by Gasteiger charge is -2.23. The first-order valence-electron chi connectivity index (χ1n) is 5.72. The van der Waals surface area contributed by atoms with Gasteiger partial charge in [-0.3, -0.25) is 0 Å². The molecule has 1 nitrogen and oxygen atoms in total. The fourth-order valence-electron chi connectivity index (χ4n) is 1.71. The van der Waals surface area contributed by atoms with Gasteiger partial charge in [-0.1, -0.05) is 30.3 Å². The first kappa shape index (κ1) is 10.1. The Kier molecular flexibility index (Phi) is 3.91. The molecule has 0 radical (unpaired) electrons. The summed E-state index contributed by atoms with van der Waals surface area (Å²) in [6.07, 6.45) is 0.464. The van der Waals surface area contributed by atoms with E-state index in [1.807, 2.05) is 30.3 Å². The van der Waals surface area contributed by atoms with Gasteiger partial charge in [-0.2, -0.15) is 23.5 Å². The van der Waals surface area contributed by atoms with Gasteiger partial charge in [0.2, 0.25) is 0 Å². The van der Waals surface area contributed by atoms with Crippen LogP contribution >= 0.6 is 23.5 Å². The van der Waals surface area contributed by atoms with Crippen LogP contribution in [-0.4, -0.2) is 21.7 Å². The zero-order valence-corrected chi connectivity index (χ0v) is 10.1. The second kappa shape index (κ2) is 5.83. The fraction of sp³-hybridized carbons (Fsp3) is 0.500. The van der Waals surface area contributed by atoms with Crippen LogP contribution < -0.4 is 0 Å². The minimum atomic E-state index is -0.352. The number of thioether (sulfide) groups is 2. The molecular weight excluding hydrogens is 224 g/mol. The number of hydrogen-bond donors (Lipinski definition) is 1. The van der Waals surface area contributed by atoms with Gasteiger partial charge in [0.25, 0.3) is 0 Å².